The smallest absolute Gasteiger partial charge is 0.387 e. The molecule has 110 valence electrons. The number of carbonyl (C=O) groups is 1. The van der Waals surface area contributed by atoms with E-state index in [1.165, 1.54) is 24.3 Å². The van der Waals surface area contributed by atoms with Gasteiger partial charge in [0.05, 0.1) is 11.4 Å². The van der Waals surface area contributed by atoms with Crippen LogP contribution in [0.3, 0.4) is 0 Å². The number of nitrogens with one attached hydrogen (secondary N) is 1. The number of anilines is 2. The Morgan fingerprint density at radius 2 is 1.86 bits per heavy atom. The van der Waals surface area contributed by atoms with Gasteiger partial charge in [0.25, 0.3) is 5.91 Å². The van der Waals surface area contributed by atoms with Gasteiger partial charge < -0.3 is 15.8 Å². The van der Waals surface area contributed by atoms with Gasteiger partial charge in [0.15, 0.2) is 0 Å². The quantitative estimate of drug-likeness (QED) is 0.848. The van der Waals surface area contributed by atoms with Gasteiger partial charge in [0, 0.05) is 5.56 Å². The SMILES string of the molecule is Cc1cccc(N)c1NC(=O)c1ccc(OC(F)F)cc1. The summed E-state index contributed by atoms with van der Waals surface area (Å²) in [4.78, 5) is 12.1. The van der Waals surface area contributed by atoms with Crippen molar-refractivity contribution in [3.05, 3.63) is 53.6 Å². The predicted molar refractivity (Wildman–Crippen MR) is 76.6 cm³/mol. The first-order valence-electron chi connectivity index (χ1n) is 6.18. The second-order valence-electron chi connectivity index (χ2n) is 4.40. The molecule has 3 N–H and O–H groups in total. The largest absolute Gasteiger partial charge is 0.435 e. The molecular formula is C15H14F2N2O2. The maximum atomic E-state index is 12.1. The van der Waals surface area contributed by atoms with Crippen LogP contribution in [0.4, 0.5) is 20.2 Å². The van der Waals surface area contributed by atoms with E-state index in [0.29, 0.717) is 16.9 Å². The molecule has 0 radical (unpaired) electrons. The van der Waals surface area contributed by atoms with Crippen LogP contribution in [-0.4, -0.2) is 12.5 Å². The summed E-state index contributed by atoms with van der Waals surface area (Å²) in [6.07, 6.45) is 0. The van der Waals surface area contributed by atoms with E-state index in [1.807, 2.05) is 13.0 Å². The van der Waals surface area contributed by atoms with Gasteiger partial charge >= 0.3 is 6.61 Å². The normalized spacial score (nSPS) is 10.5. The van der Waals surface area contributed by atoms with Crippen molar-refractivity contribution in [2.75, 3.05) is 11.1 Å². The lowest BCUT2D eigenvalue weighted by Gasteiger charge is -2.11. The number of hydrogen-bond acceptors (Lipinski definition) is 3. The van der Waals surface area contributed by atoms with Gasteiger partial charge in [-0.3, -0.25) is 4.79 Å². The number of nitrogens with two attached hydrogens (primary N) is 1. The van der Waals surface area contributed by atoms with Gasteiger partial charge in [-0.15, -0.1) is 0 Å². The van der Waals surface area contributed by atoms with E-state index in [4.69, 9.17) is 5.73 Å². The lowest BCUT2D eigenvalue weighted by atomic mass is 10.1. The molecule has 2 aromatic carbocycles. The zero-order valence-corrected chi connectivity index (χ0v) is 11.3. The monoisotopic (exact) mass is 292 g/mol. The molecule has 0 aromatic heterocycles. The fourth-order valence-corrected chi connectivity index (χ4v) is 1.83. The Morgan fingerprint density at radius 3 is 2.43 bits per heavy atom. The van der Waals surface area contributed by atoms with Crippen LogP contribution in [0.15, 0.2) is 42.5 Å². The lowest BCUT2D eigenvalue weighted by molar-refractivity contribution is -0.0498. The molecule has 0 heterocycles. The number of carbonyl (C=O) groups excluding carboxylic acids is 1. The molecule has 0 unspecified atom stereocenters. The average Bonchev–Trinajstić information content (AvgIpc) is 2.43. The Kier molecular flexibility index (Phi) is 4.37. The minimum atomic E-state index is -2.89. The molecule has 0 saturated carbocycles. The highest BCUT2D eigenvalue weighted by molar-refractivity contribution is 6.06. The van der Waals surface area contributed by atoms with Crippen molar-refractivity contribution in [3.8, 4) is 5.75 Å². The summed E-state index contributed by atoms with van der Waals surface area (Å²) < 4.78 is 28.3. The van der Waals surface area contributed by atoms with Gasteiger partial charge in [-0.05, 0) is 42.8 Å². The Morgan fingerprint density at radius 1 is 1.19 bits per heavy atom. The molecule has 6 heteroatoms. The third-order valence-electron chi connectivity index (χ3n) is 2.89. The first kappa shape index (κ1) is 14.8. The zero-order valence-electron chi connectivity index (χ0n) is 11.3. The van der Waals surface area contributed by atoms with Crippen LogP contribution in [0.1, 0.15) is 15.9 Å². The van der Waals surface area contributed by atoms with E-state index in [9.17, 15) is 13.6 Å². The van der Waals surface area contributed by atoms with Gasteiger partial charge in [-0.1, -0.05) is 12.1 Å². The summed E-state index contributed by atoms with van der Waals surface area (Å²) >= 11 is 0. The summed E-state index contributed by atoms with van der Waals surface area (Å²) in [6.45, 7) is -1.07. The molecule has 2 rings (SSSR count). The summed E-state index contributed by atoms with van der Waals surface area (Å²) in [5.41, 5.74) is 7.96. The van der Waals surface area contributed by atoms with Crippen LogP contribution < -0.4 is 15.8 Å². The number of hydrogen-bond donors (Lipinski definition) is 2. The number of halogens is 2. The fourth-order valence-electron chi connectivity index (χ4n) is 1.83. The number of amides is 1. The molecule has 0 aliphatic carbocycles. The predicted octanol–water partition coefficient (Wildman–Crippen LogP) is 3.43. The highest BCUT2D eigenvalue weighted by atomic mass is 19.3. The van der Waals surface area contributed by atoms with Crippen molar-refractivity contribution in [1.29, 1.82) is 0 Å². The van der Waals surface area contributed by atoms with E-state index in [2.05, 4.69) is 10.1 Å². The third kappa shape index (κ3) is 3.68. The van der Waals surface area contributed by atoms with E-state index >= 15 is 0 Å². The molecule has 0 aliphatic heterocycles. The number of aryl methyl sites for hydroxylation is 1. The minimum absolute atomic E-state index is 0.00282. The van der Waals surface area contributed by atoms with Gasteiger partial charge in [0.1, 0.15) is 5.75 Å². The second kappa shape index (κ2) is 6.21. The number of para-hydroxylation sites is 1. The third-order valence-corrected chi connectivity index (χ3v) is 2.89. The van der Waals surface area contributed by atoms with Crippen LogP contribution in [0.2, 0.25) is 0 Å². The summed E-state index contributed by atoms with van der Waals surface area (Å²) in [5.74, 6) is -0.378. The Labute approximate surface area is 120 Å². The number of nitrogen functional groups attached to an aromatic ring is 1. The maximum absolute atomic E-state index is 12.1. The Hall–Kier alpha value is -2.63. The maximum Gasteiger partial charge on any atom is 0.387 e. The van der Waals surface area contributed by atoms with Crippen LogP contribution in [-0.2, 0) is 0 Å². The molecular weight excluding hydrogens is 278 g/mol. The summed E-state index contributed by atoms with van der Waals surface area (Å²) in [5, 5.41) is 2.70. The zero-order chi connectivity index (χ0) is 15.4. The molecule has 0 saturated heterocycles. The minimum Gasteiger partial charge on any atom is -0.435 e. The number of benzene rings is 2. The molecule has 2 aromatic rings. The second-order valence-corrected chi connectivity index (χ2v) is 4.40. The van der Waals surface area contributed by atoms with Crippen molar-refractivity contribution in [2.24, 2.45) is 0 Å². The topological polar surface area (TPSA) is 64.3 Å². The van der Waals surface area contributed by atoms with Gasteiger partial charge in [-0.25, -0.2) is 0 Å². The van der Waals surface area contributed by atoms with Crippen molar-refractivity contribution < 1.29 is 18.3 Å². The number of alkyl halides is 2. The van der Waals surface area contributed by atoms with Crippen molar-refractivity contribution in [2.45, 2.75) is 13.5 Å². The van der Waals surface area contributed by atoms with Crippen LogP contribution >= 0.6 is 0 Å². The van der Waals surface area contributed by atoms with Crippen molar-refractivity contribution in [3.63, 3.8) is 0 Å². The molecule has 21 heavy (non-hydrogen) atoms. The van der Waals surface area contributed by atoms with E-state index in [0.717, 1.165) is 5.56 Å². The standard InChI is InChI=1S/C15H14F2N2O2/c1-9-3-2-4-12(18)13(9)19-14(20)10-5-7-11(8-6-10)21-15(16)17/h2-8,15H,18H2,1H3,(H,19,20). The van der Waals surface area contributed by atoms with Crippen LogP contribution in [0, 0.1) is 6.92 Å². The van der Waals surface area contributed by atoms with Gasteiger partial charge in [0.2, 0.25) is 0 Å². The van der Waals surface area contributed by atoms with E-state index in [-0.39, 0.29) is 11.7 Å². The first-order valence-corrected chi connectivity index (χ1v) is 6.18. The molecule has 0 aliphatic rings. The van der Waals surface area contributed by atoms with Crippen molar-refractivity contribution >= 4 is 17.3 Å². The molecule has 0 fully saturated rings. The molecule has 4 nitrogen and oxygen atoms in total. The fraction of sp³-hybridized carbons (Fsp3) is 0.133. The van der Waals surface area contributed by atoms with E-state index in [1.54, 1.807) is 12.1 Å². The molecule has 0 spiro atoms. The Bertz CT molecular complexity index is 622. The highest BCUT2D eigenvalue weighted by Gasteiger charge is 2.11. The number of ether oxygens (including phenoxy) is 1. The molecule has 0 bridgehead atoms. The van der Waals surface area contributed by atoms with Crippen molar-refractivity contribution in [1.82, 2.24) is 0 Å². The molecule has 1 amide bonds. The Balaban J connectivity index is 2.13. The first-order chi connectivity index (χ1) is 9.97. The highest BCUT2D eigenvalue weighted by Crippen LogP contribution is 2.23. The van der Waals surface area contributed by atoms with Crippen LogP contribution in [0.5, 0.6) is 5.75 Å². The summed E-state index contributed by atoms with van der Waals surface area (Å²) in [6, 6.07) is 10.7. The average molecular weight is 292 g/mol. The lowest BCUT2D eigenvalue weighted by Crippen LogP contribution is -2.14. The summed E-state index contributed by atoms with van der Waals surface area (Å²) in [7, 11) is 0. The number of rotatable bonds is 4. The van der Waals surface area contributed by atoms with E-state index < -0.39 is 6.61 Å². The van der Waals surface area contributed by atoms with Crippen LogP contribution in [0.25, 0.3) is 0 Å². The molecule has 0 atom stereocenters. The van der Waals surface area contributed by atoms with Gasteiger partial charge in [-0.2, -0.15) is 8.78 Å².